The van der Waals surface area contributed by atoms with Crippen LogP contribution >= 0.6 is 0 Å². The second-order valence-electron chi connectivity index (χ2n) is 3.02. The molecule has 0 unspecified atom stereocenters. The van der Waals surface area contributed by atoms with Gasteiger partial charge in [-0.05, 0) is 13.3 Å². The van der Waals surface area contributed by atoms with E-state index in [1.807, 2.05) is 6.92 Å². The van der Waals surface area contributed by atoms with Crippen LogP contribution in [0.1, 0.15) is 19.2 Å². The van der Waals surface area contributed by atoms with Crippen LogP contribution in [-0.4, -0.2) is 40.8 Å². The highest BCUT2D eigenvalue weighted by Crippen LogP contribution is 1.91. The standard InChI is InChI=1S/C9H16N4O2/c1-2-15-6-9(14)10-5-3-4-8-11-7-12-13-8/h7H,2-6H2,1H3,(H,10,14)(H,11,12,13). The van der Waals surface area contributed by atoms with Crippen LogP contribution in [0, 0.1) is 0 Å². The van der Waals surface area contributed by atoms with Crippen LogP contribution in [0.2, 0.25) is 0 Å². The van der Waals surface area contributed by atoms with Crippen LogP contribution in [0.15, 0.2) is 6.33 Å². The Kier molecular flexibility index (Phi) is 5.39. The molecule has 1 amide bonds. The fourth-order valence-electron chi connectivity index (χ4n) is 1.08. The number of H-pyrrole nitrogens is 1. The molecule has 0 bridgehead atoms. The third-order valence-corrected chi connectivity index (χ3v) is 1.81. The highest BCUT2D eigenvalue weighted by atomic mass is 16.5. The van der Waals surface area contributed by atoms with Gasteiger partial charge in [0.15, 0.2) is 0 Å². The number of hydrogen-bond acceptors (Lipinski definition) is 4. The van der Waals surface area contributed by atoms with Gasteiger partial charge in [0.2, 0.25) is 5.91 Å². The summed E-state index contributed by atoms with van der Waals surface area (Å²) in [5.41, 5.74) is 0. The summed E-state index contributed by atoms with van der Waals surface area (Å²) < 4.78 is 4.96. The van der Waals surface area contributed by atoms with Gasteiger partial charge in [0, 0.05) is 19.6 Å². The highest BCUT2D eigenvalue weighted by molar-refractivity contribution is 5.77. The van der Waals surface area contributed by atoms with E-state index in [-0.39, 0.29) is 12.5 Å². The number of hydrogen-bond donors (Lipinski definition) is 2. The van der Waals surface area contributed by atoms with E-state index in [9.17, 15) is 4.79 Å². The molecule has 6 heteroatoms. The van der Waals surface area contributed by atoms with Crippen molar-refractivity contribution in [3.8, 4) is 0 Å². The number of rotatable bonds is 7. The van der Waals surface area contributed by atoms with E-state index >= 15 is 0 Å². The van der Waals surface area contributed by atoms with Crippen molar-refractivity contribution in [3.63, 3.8) is 0 Å². The molecule has 1 aromatic heterocycles. The summed E-state index contributed by atoms with van der Waals surface area (Å²) in [4.78, 5) is 15.1. The first kappa shape index (κ1) is 11.6. The van der Waals surface area contributed by atoms with Gasteiger partial charge >= 0.3 is 0 Å². The van der Waals surface area contributed by atoms with Gasteiger partial charge in [-0.25, -0.2) is 4.98 Å². The minimum absolute atomic E-state index is 0.0746. The number of ether oxygens (including phenoxy) is 1. The molecule has 0 aliphatic heterocycles. The second-order valence-corrected chi connectivity index (χ2v) is 3.02. The van der Waals surface area contributed by atoms with E-state index in [1.165, 1.54) is 6.33 Å². The molecule has 2 N–H and O–H groups in total. The minimum atomic E-state index is -0.0746. The van der Waals surface area contributed by atoms with Gasteiger partial charge in [0.25, 0.3) is 0 Å². The molecule has 0 radical (unpaired) electrons. The molecule has 0 aliphatic carbocycles. The summed E-state index contributed by atoms with van der Waals surface area (Å²) in [5, 5.41) is 9.25. The number of amides is 1. The first-order valence-corrected chi connectivity index (χ1v) is 5.01. The lowest BCUT2D eigenvalue weighted by atomic mass is 10.3. The Morgan fingerprint density at radius 1 is 1.67 bits per heavy atom. The smallest absolute Gasteiger partial charge is 0.245 e. The van der Waals surface area contributed by atoms with Crippen LogP contribution in [0.5, 0.6) is 0 Å². The topological polar surface area (TPSA) is 79.9 Å². The average Bonchev–Trinajstić information content (AvgIpc) is 2.74. The molecule has 84 valence electrons. The number of aryl methyl sites for hydroxylation is 1. The van der Waals surface area contributed by atoms with E-state index in [0.29, 0.717) is 13.2 Å². The van der Waals surface area contributed by atoms with E-state index in [0.717, 1.165) is 18.7 Å². The van der Waals surface area contributed by atoms with Crippen LogP contribution in [0.25, 0.3) is 0 Å². The predicted octanol–water partition coefficient (Wildman–Crippen LogP) is -0.110. The van der Waals surface area contributed by atoms with Crippen molar-refractivity contribution in [2.45, 2.75) is 19.8 Å². The fraction of sp³-hybridized carbons (Fsp3) is 0.667. The lowest BCUT2D eigenvalue weighted by Gasteiger charge is -2.03. The zero-order valence-electron chi connectivity index (χ0n) is 8.82. The fourth-order valence-corrected chi connectivity index (χ4v) is 1.08. The molecule has 0 aliphatic rings. The van der Waals surface area contributed by atoms with Crippen LogP contribution in [0.3, 0.4) is 0 Å². The van der Waals surface area contributed by atoms with Crippen LogP contribution in [-0.2, 0) is 16.0 Å². The Labute approximate surface area is 88.4 Å². The number of carbonyl (C=O) groups excluding carboxylic acids is 1. The maximum Gasteiger partial charge on any atom is 0.245 e. The van der Waals surface area contributed by atoms with Gasteiger partial charge in [-0.1, -0.05) is 0 Å². The number of aromatic nitrogens is 3. The third-order valence-electron chi connectivity index (χ3n) is 1.81. The quantitative estimate of drug-likeness (QED) is 0.618. The third kappa shape index (κ3) is 5.11. The molecule has 0 spiro atoms. The molecule has 0 fully saturated rings. The summed E-state index contributed by atoms with van der Waals surface area (Å²) in [6.45, 7) is 3.19. The summed E-state index contributed by atoms with van der Waals surface area (Å²) >= 11 is 0. The predicted molar refractivity (Wildman–Crippen MR) is 54.2 cm³/mol. The van der Waals surface area contributed by atoms with E-state index in [4.69, 9.17) is 4.74 Å². The monoisotopic (exact) mass is 212 g/mol. The highest BCUT2D eigenvalue weighted by Gasteiger charge is 2.00. The number of nitrogens with zero attached hydrogens (tertiary/aromatic N) is 2. The zero-order valence-corrected chi connectivity index (χ0v) is 8.82. The number of nitrogens with one attached hydrogen (secondary N) is 2. The number of carbonyl (C=O) groups is 1. The SMILES string of the molecule is CCOCC(=O)NCCCc1ncn[nH]1. The van der Waals surface area contributed by atoms with Gasteiger partial charge in [-0.15, -0.1) is 0 Å². The molecule has 0 saturated carbocycles. The van der Waals surface area contributed by atoms with Crippen molar-refractivity contribution in [1.29, 1.82) is 0 Å². The largest absolute Gasteiger partial charge is 0.372 e. The maximum absolute atomic E-state index is 11.1. The van der Waals surface area contributed by atoms with Crippen molar-refractivity contribution in [1.82, 2.24) is 20.5 Å². The molecule has 0 saturated heterocycles. The van der Waals surface area contributed by atoms with Gasteiger partial charge in [-0.3, -0.25) is 9.89 Å². The molecular weight excluding hydrogens is 196 g/mol. The molecule has 0 atom stereocenters. The Morgan fingerprint density at radius 3 is 3.20 bits per heavy atom. The van der Waals surface area contributed by atoms with Crippen molar-refractivity contribution in [2.24, 2.45) is 0 Å². The molecule has 1 aromatic rings. The summed E-state index contributed by atoms with van der Waals surface area (Å²) in [7, 11) is 0. The van der Waals surface area contributed by atoms with Gasteiger partial charge in [0.1, 0.15) is 18.8 Å². The van der Waals surface area contributed by atoms with Crippen molar-refractivity contribution < 1.29 is 9.53 Å². The average molecular weight is 212 g/mol. The van der Waals surface area contributed by atoms with E-state index in [2.05, 4.69) is 20.5 Å². The van der Waals surface area contributed by atoms with Crippen LogP contribution < -0.4 is 5.32 Å². The van der Waals surface area contributed by atoms with Gasteiger partial charge in [0.05, 0.1) is 0 Å². The minimum Gasteiger partial charge on any atom is -0.372 e. The van der Waals surface area contributed by atoms with Crippen molar-refractivity contribution in [3.05, 3.63) is 12.2 Å². The molecular formula is C9H16N4O2. The molecule has 6 nitrogen and oxygen atoms in total. The van der Waals surface area contributed by atoms with Crippen LogP contribution in [0.4, 0.5) is 0 Å². The summed E-state index contributed by atoms with van der Waals surface area (Å²) in [6.07, 6.45) is 3.10. The Hall–Kier alpha value is -1.43. The lowest BCUT2D eigenvalue weighted by molar-refractivity contribution is -0.125. The first-order valence-electron chi connectivity index (χ1n) is 5.01. The van der Waals surface area contributed by atoms with Gasteiger partial charge in [-0.2, -0.15) is 5.10 Å². The van der Waals surface area contributed by atoms with Crippen molar-refractivity contribution >= 4 is 5.91 Å². The zero-order chi connectivity index (χ0) is 10.9. The Balaban J connectivity index is 1.99. The maximum atomic E-state index is 11.1. The first-order chi connectivity index (χ1) is 7.33. The lowest BCUT2D eigenvalue weighted by Crippen LogP contribution is -2.28. The summed E-state index contributed by atoms with van der Waals surface area (Å²) in [6, 6.07) is 0. The normalized spacial score (nSPS) is 10.2. The second kappa shape index (κ2) is 6.94. The molecule has 1 rings (SSSR count). The van der Waals surface area contributed by atoms with Crippen molar-refractivity contribution in [2.75, 3.05) is 19.8 Å². The summed E-state index contributed by atoms with van der Waals surface area (Å²) in [5.74, 6) is 0.767. The van der Waals surface area contributed by atoms with Gasteiger partial charge < -0.3 is 10.1 Å². The van der Waals surface area contributed by atoms with E-state index in [1.54, 1.807) is 0 Å². The van der Waals surface area contributed by atoms with E-state index < -0.39 is 0 Å². The Morgan fingerprint density at radius 2 is 2.53 bits per heavy atom. The molecule has 0 aromatic carbocycles. The Bertz CT molecular complexity index is 274. The molecule has 1 heterocycles. The molecule has 15 heavy (non-hydrogen) atoms. The number of aromatic amines is 1.